The molecule has 1 saturated heterocycles. The quantitative estimate of drug-likeness (QED) is 0.396. The van der Waals surface area contributed by atoms with E-state index in [-0.39, 0.29) is 60.7 Å². The molecule has 208 valence electrons. The number of carboxylic acids is 1. The molecule has 2 fully saturated rings. The summed E-state index contributed by atoms with van der Waals surface area (Å²) in [6.45, 7) is 1.64. The number of aliphatic carboxylic acids is 1. The van der Waals surface area contributed by atoms with Crippen molar-refractivity contribution in [2.24, 2.45) is 5.92 Å². The van der Waals surface area contributed by atoms with Crippen molar-refractivity contribution < 1.29 is 37.0 Å². The number of likely N-dealkylation sites (tertiary alicyclic amines) is 1. The monoisotopic (exact) mass is 545 g/mol. The molecule has 39 heavy (non-hydrogen) atoms. The van der Waals surface area contributed by atoms with Gasteiger partial charge in [0, 0.05) is 23.2 Å². The summed E-state index contributed by atoms with van der Waals surface area (Å²) in [5.41, 5.74) is 0.962. The first kappa shape index (κ1) is 27.0. The smallest absolute Gasteiger partial charge is 0.306 e. The number of hydrogen-bond acceptors (Lipinski definition) is 6. The minimum atomic E-state index is -1.20. The molecule has 1 saturated carbocycles. The number of ether oxygens (including phenoxy) is 1. The Kier molecular flexibility index (Phi) is 7.79. The fourth-order valence-corrected chi connectivity index (χ4v) is 5.36. The van der Waals surface area contributed by atoms with E-state index in [1.165, 1.54) is 29.2 Å². The summed E-state index contributed by atoms with van der Waals surface area (Å²) in [6.07, 6.45) is 0.787. The van der Waals surface area contributed by atoms with Crippen molar-refractivity contribution in [1.82, 2.24) is 9.88 Å². The first-order valence-corrected chi connectivity index (χ1v) is 13.1. The van der Waals surface area contributed by atoms with Crippen LogP contribution in [0.4, 0.5) is 24.9 Å². The van der Waals surface area contributed by atoms with Gasteiger partial charge in [0.25, 0.3) is 6.01 Å². The molecular weight excluding hydrogens is 515 g/mol. The molecule has 1 amide bonds. The number of fused-ring (bicyclic) bond motifs is 1. The normalized spacial score (nSPS) is 23.3. The maximum absolute atomic E-state index is 15.3. The van der Waals surface area contributed by atoms with Crippen LogP contribution >= 0.6 is 0 Å². The summed E-state index contributed by atoms with van der Waals surface area (Å²) in [5.74, 6) is -2.74. The van der Waals surface area contributed by atoms with E-state index >= 15 is 4.39 Å². The second-order valence-corrected chi connectivity index (χ2v) is 10.3. The average Bonchev–Trinajstić information content (AvgIpc) is 3.50. The maximum atomic E-state index is 15.3. The lowest BCUT2D eigenvalue weighted by molar-refractivity contribution is -0.144. The predicted molar refractivity (Wildman–Crippen MR) is 136 cm³/mol. The van der Waals surface area contributed by atoms with Gasteiger partial charge < -0.3 is 24.5 Å². The van der Waals surface area contributed by atoms with E-state index in [1.807, 2.05) is 0 Å². The molecule has 2 aromatic carbocycles. The number of anilines is 2. The van der Waals surface area contributed by atoms with Gasteiger partial charge in [-0.15, -0.1) is 0 Å². The van der Waals surface area contributed by atoms with Crippen molar-refractivity contribution in [2.75, 3.05) is 18.5 Å². The summed E-state index contributed by atoms with van der Waals surface area (Å²) in [6, 6.07) is 6.98. The van der Waals surface area contributed by atoms with E-state index in [1.54, 1.807) is 13.0 Å². The van der Waals surface area contributed by atoms with Gasteiger partial charge in [0.1, 0.15) is 17.5 Å². The van der Waals surface area contributed by atoms with E-state index in [0.29, 0.717) is 36.9 Å². The molecule has 0 unspecified atom stereocenters. The number of aromatic nitrogens is 1. The van der Waals surface area contributed by atoms with Crippen LogP contribution in [0.5, 0.6) is 0 Å². The molecule has 5 rings (SSSR count). The minimum Gasteiger partial charge on any atom is -0.481 e. The third-order valence-electron chi connectivity index (χ3n) is 7.66. The van der Waals surface area contributed by atoms with E-state index in [9.17, 15) is 18.4 Å². The first-order chi connectivity index (χ1) is 18.7. The topological polar surface area (TPSA) is 105 Å². The number of amides is 1. The molecule has 11 heteroatoms. The number of alkyl halides is 1. The highest BCUT2D eigenvalue weighted by atomic mass is 19.1. The summed E-state index contributed by atoms with van der Waals surface area (Å²) in [7, 11) is 0. The van der Waals surface area contributed by atoms with Gasteiger partial charge in [-0.3, -0.25) is 9.59 Å². The van der Waals surface area contributed by atoms with Gasteiger partial charge in [-0.2, -0.15) is 4.98 Å². The predicted octanol–water partition coefficient (Wildman–Crippen LogP) is 5.30. The number of nitrogens with zero attached hydrogens (tertiary/aromatic N) is 2. The lowest BCUT2D eigenvalue weighted by atomic mass is 9.87. The highest BCUT2D eigenvalue weighted by molar-refractivity contribution is 5.83. The largest absolute Gasteiger partial charge is 0.481 e. The Bertz CT molecular complexity index is 1370. The molecule has 2 aliphatic rings. The van der Waals surface area contributed by atoms with Gasteiger partial charge in [-0.25, -0.2) is 13.2 Å². The molecule has 2 atom stereocenters. The Hall–Kier alpha value is -3.60. The fourth-order valence-electron chi connectivity index (χ4n) is 5.36. The number of nitrogens with one attached hydrogen (secondary N) is 1. The van der Waals surface area contributed by atoms with Crippen LogP contribution in [0.25, 0.3) is 11.1 Å². The van der Waals surface area contributed by atoms with Crippen molar-refractivity contribution in [3.8, 4) is 0 Å². The number of carbonyl (C=O) groups is 2. The van der Waals surface area contributed by atoms with Crippen molar-refractivity contribution >= 4 is 34.7 Å². The second kappa shape index (κ2) is 11.3. The third kappa shape index (κ3) is 5.88. The number of carboxylic acid groups (broad SMARTS) is 1. The standard InChI is InChI=1S/C28H30F3N3O5/c1-15-21(30)3-2-4-22(15)32-28-33-23-10-7-17(25(31)26(23)39-28)11-24(35)34-13-18(29)12-19(34)14-38-20-8-5-16(6-9-20)27(36)37/h2-4,7,10,16,18-20H,5-6,8-9,11-14H2,1H3,(H,32,33)(H,36,37)/t16-,18-,19-,20-/m0/s1. The molecule has 1 aliphatic carbocycles. The number of benzene rings is 2. The molecule has 0 bridgehead atoms. The zero-order valence-electron chi connectivity index (χ0n) is 21.5. The maximum Gasteiger partial charge on any atom is 0.306 e. The third-order valence-corrected chi connectivity index (χ3v) is 7.66. The summed E-state index contributed by atoms with van der Waals surface area (Å²) in [4.78, 5) is 29.9. The highest BCUT2D eigenvalue weighted by Gasteiger charge is 2.37. The van der Waals surface area contributed by atoms with Crippen LogP contribution in [0.3, 0.4) is 0 Å². The number of hydrogen-bond donors (Lipinski definition) is 2. The van der Waals surface area contributed by atoms with E-state index in [0.717, 1.165) is 0 Å². The van der Waals surface area contributed by atoms with Crippen LogP contribution in [0.15, 0.2) is 34.7 Å². The lowest BCUT2D eigenvalue weighted by Crippen LogP contribution is -2.40. The average molecular weight is 546 g/mol. The first-order valence-electron chi connectivity index (χ1n) is 13.1. The number of halogens is 3. The van der Waals surface area contributed by atoms with Gasteiger partial charge in [-0.05, 0) is 50.8 Å². The van der Waals surface area contributed by atoms with Crippen LogP contribution < -0.4 is 5.32 Å². The highest BCUT2D eigenvalue weighted by Crippen LogP contribution is 2.30. The van der Waals surface area contributed by atoms with E-state index < -0.39 is 35.7 Å². The molecule has 8 nitrogen and oxygen atoms in total. The van der Waals surface area contributed by atoms with Gasteiger partial charge in [0.2, 0.25) is 5.91 Å². The van der Waals surface area contributed by atoms with Crippen LogP contribution in [0, 0.1) is 24.5 Å². The minimum absolute atomic E-state index is 0.0181. The molecule has 1 aliphatic heterocycles. The molecule has 0 spiro atoms. The molecule has 3 aromatic rings. The number of carbonyl (C=O) groups excluding carboxylic acids is 1. The van der Waals surface area contributed by atoms with Crippen molar-refractivity contribution in [2.45, 2.75) is 63.8 Å². The Morgan fingerprint density at radius 1 is 1.18 bits per heavy atom. The molecular formula is C28H30F3N3O5. The van der Waals surface area contributed by atoms with Gasteiger partial charge in [0.05, 0.1) is 37.6 Å². The molecule has 1 aromatic heterocycles. The fraction of sp³-hybridized carbons (Fsp3) is 0.464. The van der Waals surface area contributed by atoms with Crippen molar-refractivity contribution in [3.63, 3.8) is 0 Å². The van der Waals surface area contributed by atoms with Gasteiger partial charge in [0.15, 0.2) is 11.4 Å². The van der Waals surface area contributed by atoms with Crippen molar-refractivity contribution in [1.29, 1.82) is 0 Å². The number of oxazole rings is 1. The zero-order valence-corrected chi connectivity index (χ0v) is 21.5. The number of rotatable bonds is 8. The summed E-state index contributed by atoms with van der Waals surface area (Å²) in [5, 5.41) is 12.0. The van der Waals surface area contributed by atoms with Crippen LogP contribution in [0.2, 0.25) is 0 Å². The van der Waals surface area contributed by atoms with Gasteiger partial charge >= 0.3 is 5.97 Å². The Morgan fingerprint density at radius 3 is 2.69 bits per heavy atom. The zero-order chi connectivity index (χ0) is 27.7. The second-order valence-electron chi connectivity index (χ2n) is 10.3. The SMILES string of the molecule is Cc1c(F)cccc1Nc1nc2ccc(CC(=O)N3C[C@@H](F)C[C@H]3CO[C@H]3CC[C@H](C(=O)O)CC3)c(F)c2o1. The Balaban J connectivity index is 1.23. The molecule has 0 radical (unpaired) electrons. The lowest BCUT2D eigenvalue weighted by Gasteiger charge is -2.29. The Labute approximate surface area is 223 Å². The van der Waals surface area contributed by atoms with Crippen LogP contribution in [-0.2, 0) is 20.7 Å². The van der Waals surface area contributed by atoms with Gasteiger partial charge in [-0.1, -0.05) is 12.1 Å². The summed E-state index contributed by atoms with van der Waals surface area (Å²) < 4.78 is 55.0. The van der Waals surface area contributed by atoms with Crippen LogP contribution in [-0.4, -0.2) is 58.3 Å². The van der Waals surface area contributed by atoms with E-state index in [2.05, 4.69) is 10.3 Å². The Morgan fingerprint density at radius 2 is 1.95 bits per heavy atom. The summed E-state index contributed by atoms with van der Waals surface area (Å²) >= 11 is 0. The van der Waals surface area contributed by atoms with E-state index in [4.69, 9.17) is 14.3 Å². The van der Waals surface area contributed by atoms with Crippen molar-refractivity contribution in [3.05, 3.63) is 53.1 Å². The molecule has 2 N–H and O–H groups in total. The molecule has 2 heterocycles. The van der Waals surface area contributed by atoms with Crippen LogP contribution in [0.1, 0.15) is 43.2 Å².